The second-order valence-electron chi connectivity index (χ2n) is 5.81. The maximum absolute atomic E-state index is 12.3. The zero-order valence-electron chi connectivity index (χ0n) is 11.8. The third-order valence-corrected chi connectivity index (χ3v) is 4.00. The first-order valence-electron chi connectivity index (χ1n) is 6.70. The number of rotatable bonds is 1. The van der Waals surface area contributed by atoms with Crippen LogP contribution in [0.3, 0.4) is 0 Å². The van der Waals surface area contributed by atoms with Gasteiger partial charge in [0.2, 0.25) is 0 Å². The molecule has 2 rings (SSSR count). The predicted molar refractivity (Wildman–Crippen MR) is 83.5 cm³/mol. The molecule has 0 spiro atoms. The molecular formula is C14H20Cl2N3O+. The summed E-state index contributed by atoms with van der Waals surface area (Å²) in [6.45, 7) is 3.59. The summed E-state index contributed by atoms with van der Waals surface area (Å²) in [5.74, 6) is 0. The number of likely N-dealkylation sites (N-methyl/N-ethyl adjacent to an activating group) is 1. The largest absolute Gasteiger partial charge is 0.327 e. The minimum atomic E-state index is -0.0924. The van der Waals surface area contributed by atoms with E-state index in [1.807, 2.05) is 4.90 Å². The SMILES string of the molecule is C[N+]1(C)CCCN(C(=O)Nc2cc(Cl)cc(Cl)c2)CC1. The van der Waals surface area contributed by atoms with Crippen LogP contribution in [-0.2, 0) is 0 Å². The molecule has 1 saturated heterocycles. The van der Waals surface area contributed by atoms with E-state index in [4.69, 9.17) is 23.2 Å². The van der Waals surface area contributed by atoms with Crippen LogP contribution in [-0.4, -0.2) is 55.7 Å². The average molecular weight is 317 g/mol. The fourth-order valence-corrected chi connectivity index (χ4v) is 2.86. The molecule has 1 fully saturated rings. The van der Waals surface area contributed by atoms with Gasteiger partial charge in [0.05, 0.1) is 33.7 Å². The third-order valence-electron chi connectivity index (χ3n) is 3.57. The van der Waals surface area contributed by atoms with E-state index >= 15 is 0 Å². The highest BCUT2D eigenvalue weighted by Gasteiger charge is 2.24. The van der Waals surface area contributed by atoms with Gasteiger partial charge in [-0.15, -0.1) is 0 Å². The summed E-state index contributed by atoms with van der Waals surface area (Å²) >= 11 is 11.9. The van der Waals surface area contributed by atoms with Crippen LogP contribution in [0.1, 0.15) is 6.42 Å². The van der Waals surface area contributed by atoms with E-state index in [1.54, 1.807) is 18.2 Å². The second-order valence-corrected chi connectivity index (χ2v) is 6.68. The Bertz CT molecular complexity index is 485. The van der Waals surface area contributed by atoms with Gasteiger partial charge >= 0.3 is 6.03 Å². The van der Waals surface area contributed by atoms with Crippen molar-refractivity contribution in [2.75, 3.05) is 45.6 Å². The molecule has 6 heteroatoms. The Labute approximate surface area is 129 Å². The normalized spacial score (nSPS) is 18.5. The lowest BCUT2D eigenvalue weighted by atomic mass is 10.3. The number of hydrogen-bond donors (Lipinski definition) is 1. The van der Waals surface area contributed by atoms with Crippen molar-refractivity contribution in [2.45, 2.75) is 6.42 Å². The van der Waals surface area contributed by atoms with Gasteiger partial charge in [0.1, 0.15) is 0 Å². The lowest BCUT2D eigenvalue weighted by Gasteiger charge is -2.28. The minimum absolute atomic E-state index is 0.0924. The van der Waals surface area contributed by atoms with Crippen LogP contribution in [0.4, 0.5) is 10.5 Å². The van der Waals surface area contributed by atoms with Gasteiger partial charge < -0.3 is 14.7 Å². The summed E-state index contributed by atoms with van der Waals surface area (Å²) in [6.07, 6.45) is 1.01. The summed E-state index contributed by atoms with van der Waals surface area (Å²) in [6, 6.07) is 4.95. The first-order valence-corrected chi connectivity index (χ1v) is 7.45. The first-order chi connectivity index (χ1) is 9.35. The van der Waals surface area contributed by atoms with Crippen LogP contribution in [0.5, 0.6) is 0 Å². The maximum atomic E-state index is 12.3. The molecule has 2 amide bonds. The number of carbonyl (C=O) groups excluding carboxylic acids is 1. The summed E-state index contributed by atoms with van der Waals surface area (Å²) in [5, 5.41) is 3.89. The fraction of sp³-hybridized carbons (Fsp3) is 0.500. The van der Waals surface area contributed by atoms with E-state index in [9.17, 15) is 4.79 Å². The van der Waals surface area contributed by atoms with Crippen LogP contribution in [0, 0.1) is 0 Å². The van der Waals surface area contributed by atoms with Gasteiger partial charge in [-0.05, 0) is 18.2 Å². The predicted octanol–water partition coefficient (Wildman–Crippen LogP) is 3.31. The highest BCUT2D eigenvalue weighted by atomic mass is 35.5. The van der Waals surface area contributed by atoms with Gasteiger partial charge in [-0.25, -0.2) is 4.79 Å². The Kier molecular flexibility index (Phi) is 4.78. The van der Waals surface area contributed by atoms with E-state index in [-0.39, 0.29) is 6.03 Å². The molecule has 0 unspecified atom stereocenters. The lowest BCUT2D eigenvalue weighted by molar-refractivity contribution is -0.888. The smallest absolute Gasteiger partial charge is 0.322 e. The molecule has 0 atom stereocenters. The number of amides is 2. The number of anilines is 1. The Morgan fingerprint density at radius 1 is 1.15 bits per heavy atom. The highest BCUT2D eigenvalue weighted by Crippen LogP contribution is 2.22. The van der Waals surface area contributed by atoms with Gasteiger partial charge in [0.15, 0.2) is 0 Å². The molecule has 20 heavy (non-hydrogen) atoms. The van der Waals surface area contributed by atoms with Crippen molar-refractivity contribution in [2.24, 2.45) is 0 Å². The van der Waals surface area contributed by atoms with Crippen molar-refractivity contribution >= 4 is 34.9 Å². The third kappa shape index (κ3) is 4.27. The second kappa shape index (κ2) is 6.20. The molecule has 0 aromatic heterocycles. The Balaban J connectivity index is 2.01. The monoisotopic (exact) mass is 316 g/mol. The minimum Gasteiger partial charge on any atom is -0.327 e. The molecule has 0 radical (unpaired) electrons. The van der Waals surface area contributed by atoms with Gasteiger partial charge in [0, 0.05) is 28.7 Å². The van der Waals surface area contributed by atoms with Crippen LogP contribution >= 0.6 is 23.2 Å². The zero-order valence-corrected chi connectivity index (χ0v) is 13.3. The summed E-state index contributed by atoms with van der Waals surface area (Å²) in [7, 11) is 4.39. The number of halogens is 2. The zero-order chi connectivity index (χ0) is 14.8. The van der Waals surface area contributed by atoms with E-state index in [0.29, 0.717) is 15.7 Å². The number of nitrogens with one attached hydrogen (secondary N) is 1. The van der Waals surface area contributed by atoms with Crippen molar-refractivity contribution in [3.8, 4) is 0 Å². The molecule has 0 aliphatic carbocycles. The molecule has 1 N–H and O–H groups in total. The van der Waals surface area contributed by atoms with E-state index in [2.05, 4.69) is 19.4 Å². The van der Waals surface area contributed by atoms with Crippen LogP contribution < -0.4 is 5.32 Å². The molecule has 1 aliphatic rings. The van der Waals surface area contributed by atoms with E-state index < -0.39 is 0 Å². The van der Waals surface area contributed by atoms with Crippen molar-refractivity contribution in [3.63, 3.8) is 0 Å². The lowest BCUT2D eigenvalue weighted by Crippen LogP contribution is -2.44. The summed E-state index contributed by atoms with van der Waals surface area (Å²) in [4.78, 5) is 14.1. The Morgan fingerprint density at radius 2 is 1.80 bits per heavy atom. The standard InChI is InChI=1S/C14H19Cl2N3O/c1-19(2)6-3-4-18(5-7-19)14(20)17-13-9-11(15)8-12(16)10-13/h8-10H,3-7H2,1-2H3/p+1. The molecular weight excluding hydrogens is 297 g/mol. The number of urea groups is 1. The van der Waals surface area contributed by atoms with Crippen LogP contribution in [0.2, 0.25) is 10.0 Å². The van der Waals surface area contributed by atoms with Gasteiger partial charge in [-0.1, -0.05) is 23.2 Å². The highest BCUT2D eigenvalue weighted by molar-refractivity contribution is 6.35. The molecule has 1 heterocycles. The summed E-state index contributed by atoms with van der Waals surface area (Å²) in [5.41, 5.74) is 0.630. The van der Waals surface area contributed by atoms with Gasteiger partial charge in [-0.3, -0.25) is 0 Å². The number of benzene rings is 1. The van der Waals surface area contributed by atoms with Crippen LogP contribution in [0.25, 0.3) is 0 Å². The number of carbonyl (C=O) groups is 1. The summed E-state index contributed by atoms with van der Waals surface area (Å²) < 4.78 is 0.951. The molecule has 110 valence electrons. The van der Waals surface area contributed by atoms with Crippen LogP contribution in [0.15, 0.2) is 18.2 Å². The van der Waals surface area contributed by atoms with Gasteiger partial charge in [-0.2, -0.15) is 0 Å². The Hall–Kier alpha value is -0.970. The fourth-order valence-electron chi connectivity index (χ4n) is 2.34. The topological polar surface area (TPSA) is 32.3 Å². The van der Waals surface area contributed by atoms with Crippen molar-refractivity contribution in [1.82, 2.24) is 4.90 Å². The molecule has 1 aromatic rings. The molecule has 0 bridgehead atoms. The Morgan fingerprint density at radius 3 is 2.45 bits per heavy atom. The van der Waals surface area contributed by atoms with Crippen molar-refractivity contribution in [3.05, 3.63) is 28.2 Å². The molecule has 0 saturated carbocycles. The quantitative estimate of drug-likeness (QED) is 0.792. The van der Waals surface area contributed by atoms with Crippen molar-refractivity contribution < 1.29 is 9.28 Å². The van der Waals surface area contributed by atoms with E-state index in [0.717, 1.165) is 37.1 Å². The molecule has 4 nitrogen and oxygen atoms in total. The number of hydrogen-bond acceptors (Lipinski definition) is 1. The van der Waals surface area contributed by atoms with Crippen molar-refractivity contribution in [1.29, 1.82) is 0 Å². The first kappa shape index (κ1) is 15.4. The molecule has 1 aliphatic heterocycles. The average Bonchev–Trinajstić information content (AvgIpc) is 2.48. The van der Waals surface area contributed by atoms with Gasteiger partial charge in [0.25, 0.3) is 0 Å². The molecule has 1 aromatic carbocycles. The van der Waals surface area contributed by atoms with E-state index in [1.165, 1.54) is 0 Å². The number of nitrogens with zero attached hydrogens (tertiary/aromatic N) is 2. The number of quaternary nitrogens is 1. The maximum Gasteiger partial charge on any atom is 0.322 e.